The molecule has 1 saturated heterocycles. The zero-order chi connectivity index (χ0) is 51.4. The van der Waals surface area contributed by atoms with E-state index in [4.69, 9.17) is 28.4 Å². The van der Waals surface area contributed by atoms with Crippen LogP contribution in [0.4, 0.5) is 0 Å². The van der Waals surface area contributed by atoms with Gasteiger partial charge in [0.05, 0.1) is 12.7 Å². The highest BCUT2D eigenvalue weighted by atomic mass is 16.7. The lowest BCUT2D eigenvalue weighted by molar-refractivity contribution is -0.310. The number of ether oxygens (including phenoxy) is 6. The second-order valence-corrected chi connectivity index (χ2v) is 21.6. The maximum atomic E-state index is 13.9. The smallest absolute Gasteiger partial charge is 0.306 e. The van der Waals surface area contributed by atoms with Crippen molar-refractivity contribution in [3.05, 3.63) is 0 Å². The molecule has 0 aromatic carbocycles. The summed E-state index contributed by atoms with van der Waals surface area (Å²) in [6.07, 6.45) is 36.2. The van der Waals surface area contributed by atoms with Crippen molar-refractivity contribution in [1.82, 2.24) is 0 Å². The summed E-state index contributed by atoms with van der Waals surface area (Å²) in [7, 11) is 0. The minimum atomic E-state index is -1.26. The van der Waals surface area contributed by atoms with Gasteiger partial charge in [-0.25, -0.2) is 0 Å². The molecule has 0 bridgehead atoms. The van der Waals surface area contributed by atoms with Crippen LogP contribution in [0.15, 0.2) is 0 Å². The molecule has 1 saturated carbocycles. The number of carbonyl (C=O) groups is 4. The van der Waals surface area contributed by atoms with Crippen LogP contribution in [0.3, 0.4) is 0 Å². The fraction of sp³-hybridized carbons (Fsp3) is 0.933. The topological polar surface area (TPSA) is 144 Å². The zero-order valence-electron chi connectivity index (χ0n) is 46.4. The van der Waals surface area contributed by atoms with E-state index in [1.165, 1.54) is 128 Å². The Morgan fingerprint density at radius 3 is 1.07 bits per heavy atom. The van der Waals surface area contributed by atoms with Crippen molar-refractivity contribution < 1.29 is 52.7 Å². The lowest BCUT2D eigenvalue weighted by Gasteiger charge is -2.44. The van der Waals surface area contributed by atoms with Gasteiger partial charge in [-0.3, -0.25) is 19.2 Å². The number of rotatable bonds is 48. The van der Waals surface area contributed by atoms with Crippen LogP contribution in [0.5, 0.6) is 0 Å². The Labute approximate surface area is 434 Å². The standard InChI is InChI=1S/C60H110O11/c1-5-9-13-17-21-25-29-33-37-41-53(62)66-49-52-57(69-54(63)42-38-34-30-26-22-18-14-10-6-2)58(70-55(64)43-39-35-31-27-23-19-15-11-7-3)59(60(68-52)67-48-50-45-46-51(61)47-50)71-56(65)44-40-36-32-28-24-20-16-12-8-4/h50-52,57-61H,5-49H2,1-4H3/t50?,51?,52-,57+,58+,59-,60-/m1/s1. The molecule has 11 nitrogen and oxygen atoms in total. The van der Waals surface area contributed by atoms with E-state index in [1.54, 1.807) is 0 Å². The molecule has 1 heterocycles. The van der Waals surface area contributed by atoms with Crippen LogP contribution >= 0.6 is 0 Å². The van der Waals surface area contributed by atoms with E-state index >= 15 is 0 Å². The van der Waals surface area contributed by atoms with Crippen LogP contribution in [0.25, 0.3) is 0 Å². The first-order chi connectivity index (χ1) is 34.7. The van der Waals surface area contributed by atoms with Crippen molar-refractivity contribution in [2.24, 2.45) is 5.92 Å². The zero-order valence-corrected chi connectivity index (χ0v) is 46.4. The molecule has 71 heavy (non-hydrogen) atoms. The largest absolute Gasteiger partial charge is 0.463 e. The van der Waals surface area contributed by atoms with Gasteiger partial charge in [-0.05, 0) is 50.9 Å². The van der Waals surface area contributed by atoms with Gasteiger partial charge in [-0.2, -0.15) is 0 Å². The van der Waals surface area contributed by atoms with E-state index < -0.39 is 54.7 Å². The minimum Gasteiger partial charge on any atom is -0.463 e. The molecule has 2 aliphatic rings. The van der Waals surface area contributed by atoms with Crippen molar-refractivity contribution in [2.45, 2.75) is 341 Å². The summed E-state index contributed by atoms with van der Waals surface area (Å²) >= 11 is 0. The van der Waals surface area contributed by atoms with Crippen LogP contribution < -0.4 is 0 Å². The Bertz CT molecular complexity index is 1290. The third-order valence-electron chi connectivity index (χ3n) is 14.7. The van der Waals surface area contributed by atoms with Crippen LogP contribution in [0.2, 0.25) is 0 Å². The van der Waals surface area contributed by atoms with Crippen LogP contribution in [-0.2, 0) is 47.6 Å². The average molecular weight is 1010 g/mol. The highest BCUT2D eigenvalue weighted by molar-refractivity contribution is 5.72. The summed E-state index contributed by atoms with van der Waals surface area (Å²) in [5.41, 5.74) is 0. The predicted octanol–water partition coefficient (Wildman–Crippen LogP) is 15.9. The van der Waals surface area contributed by atoms with Crippen molar-refractivity contribution in [3.63, 3.8) is 0 Å². The van der Waals surface area contributed by atoms with Gasteiger partial charge in [0.15, 0.2) is 24.6 Å². The number of hydrogen-bond donors (Lipinski definition) is 1. The monoisotopic (exact) mass is 1010 g/mol. The van der Waals surface area contributed by atoms with E-state index in [9.17, 15) is 24.3 Å². The lowest BCUT2D eigenvalue weighted by Crippen LogP contribution is -2.63. The Kier molecular flexibility index (Phi) is 41.3. The van der Waals surface area contributed by atoms with Crippen LogP contribution in [0.1, 0.15) is 304 Å². The molecule has 2 rings (SSSR count). The highest BCUT2D eigenvalue weighted by Crippen LogP contribution is 2.33. The summed E-state index contributed by atoms with van der Waals surface area (Å²) in [5, 5.41) is 10.4. The first-order valence-electron chi connectivity index (χ1n) is 30.4. The van der Waals surface area contributed by atoms with Gasteiger partial charge in [0.1, 0.15) is 12.7 Å². The van der Waals surface area contributed by atoms with Gasteiger partial charge in [-0.15, -0.1) is 0 Å². The molecule has 2 fully saturated rings. The summed E-state index contributed by atoms with van der Waals surface area (Å²) in [5.74, 6) is -1.72. The van der Waals surface area contributed by atoms with E-state index in [-0.39, 0.29) is 50.8 Å². The van der Waals surface area contributed by atoms with E-state index in [0.717, 1.165) is 83.5 Å². The van der Waals surface area contributed by atoms with Crippen molar-refractivity contribution in [1.29, 1.82) is 0 Å². The number of hydrogen-bond acceptors (Lipinski definition) is 11. The van der Waals surface area contributed by atoms with Crippen LogP contribution in [0, 0.1) is 5.92 Å². The summed E-state index contributed by atoms with van der Waals surface area (Å²) in [6.45, 7) is 8.86. The number of aliphatic hydroxyl groups excluding tert-OH is 1. The van der Waals surface area contributed by atoms with Crippen LogP contribution in [-0.4, -0.2) is 79.0 Å². The van der Waals surface area contributed by atoms with E-state index in [2.05, 4.69) is 27.7 Å². The summed E-state index contributed by atoms with van der Waals surface area (Å²) in [6, 6.07) is 0. The minimum absolute atomic E-state index is 0.0547. The molecule has 0 aromatic rings. The number of carbonyl (C=O) groups excluding carboxylic acids is 4. The van der Waals surface area contributed by atoms with E-state index in [0.29, 0.717) is 38.5 Å². The highest BCUT2D eigenvalue weighted by Gasteiger charge is 2.53. The van der Waals surface area contributed by atoms with Gasteiger partial charge in [0, 0.05) is 25.7 Å². The molecular formula is C60H110O11. The summed E-state index contributed by atoms with van der Waals surface area (Å²) in [4.78, 5) is 54.9. The first kappa shape index (κ1) is 64.9. The third kappa shape index (κ3) is 34.1. The molecule has 0 radical (unpaired) electrons. The molecule has 1 aliphatic heterocycles. The maximum absolute atomic E-state index is 13.9. The molecule has 11 heteroatoms. The molecule has 7 atom stereocenters. The van der Waals surface area contributed by atoms with Gasteiger partial charge < -0.3 is 33.5 Å². The van der Waals surface area contributed by atoms with Crippen molar-refractivity contribution in [3.8, 4) is 0 Å². The normalized spacial score (nSPS) is 21.1. The third-order valence-corrected chi connectivity index (χ3v) is 14.7. The van der Waals surface area contributed by atoms with Gasteiger partial charge in [-0.1, -0.05) is 233 Å². The van der Waals surface area contributed by atoms with Crippen molar-refractivity contribution in [2.75, 3.05) is 13.2 Å². The number of esters is 4. The van der Waals surface area contributed by atoms with Gasteiger partial charge in [0.2, 0.25) is 0 Å². The molecule has 0 amide bonds. The van der Waals surface area contributed by atoms with Gasteiger partial charge in [0.25, 0.3) is 0 Å². The predicted molar refractivity (Wildman–Crippen MR) is 286 cm³/mol. The summed E-state index contributed by atoms with van der Waals surface area (Å²) < 4.78 is 37.9. The second-order valence-electron chi connectivity index (χ2n) is 21.6. The second kappa shape index (κ2) is 45.2. The van der Waals surface area contributed by atoms with E-state index in [1.807, 2.05) is 0 Å². The Morgan fingerprint density at radius 2 is 0.718 bits per heavy atom. The quantitative estimate of drug-likeness (QED) is 0.0353. The molecular weight excluding hydrogens is 897 g/mol. The SMILES string of the molecule is CCCCCCCCCCCC(=O)OC[C@H]1O[C@@H](OCC2CCC(O)C2)[C@H](OC(=O)CCCCCCCCCCC)[C@@H](OC(=O)CCCCCCCCCCC)[C@H]1OC(=O)CCCCCCCCCCC. The lowest BCUT2D eigenvalue weighted by atomic mass is 9.97. The molecule has 416 valence electrons. The molecule has 0 spiro atoms. The average Bonchev–Trinajstić information content (AvgIpc) is 3.78. The number of unbranched alkanes of at least 4 members (excludes halogenated alkanes) is 32. The molecule has 2 unspecified atom stereocenters. The Morgan fingerprint density at radius 1 is 0.394 bits per heavy atom. The fourth-order valence-corrected chi connectivity index (χ4v) is 10.2. The number of aliphatic hydroxyl groups is 1. The maximum Gasteiger partial charge on any atom is 0.306 e. The first-order valence-corrected chi connectivity index (χ1v) is 30.4. The molecule has 1 N–H and O–H groups in total. The fourth-order valence-electron chi connectivity index (χ4n) is 10.2. The Hall–Kier alpha value is -2.24. The van der Waals surface area contributed by atoms with Crippen molar-refractivity contribution >= 4 is 23.9 Å². The molecule has 1 aliphatic carbocycles. The molecule has 0 aromatic heterocycles. The van der Waals surface area contributed by atoms with Gasteiger partial charge >= 0.3 is 23.9 Å². The Balaban J connectivity index is 2.31.